The lowest BCUT2D eigenvalue weighted by atomic mass is 9.47. The van der Waals surface area contributed by atoms with Gasteiger partial charge in [-0.15, -0.1) is 0 Å². The van der Waals surface area contributed by atoms with Crippen molar-refractivity contribution in [2.45, 2.75) is 87.5 Å². The highest BCUT2D eigenvalue weighted by atomic mass is 14.6. The Bertz CT molecular complexity index is 366. The lowest BCUT2D eigenvalue weighted by Crippen LogP contribution is -2.46. The first-order chi connectivity index (χ1) is 8.40. The Morgan fingerprint density at radius 2 is 0.842 bits per heavy atom. The molecule has 0 aliphatic heterocycles. The Kier molecular flexibility index (Phi) is 3.28. The van der Waals surface area contributed by atoms with Gasteiger partial charge in [0, 0.05) is 0 Å². The van der Waals surface area contributed by atoms with Crippen LogP contribution in [-0.4, -0.2) is 0 Å². The van der Waals surface area contributed by atoms with Gasteiger partial charge in [-0.2, -0.15) is 0 Å². The molecule has 0 N–H and O–H groups in total. The van der Waals surface area contributed by atoms with Crippen molar-refractivity contribution in [1.82, 2.24) is 0 Å². The van der Waals surface area contributed by atoms with Crippen LogP contribution in [0.1, 0.15) is 87.5 Å². The minimum Gasteiger partial charge on any atom is -0.0586 e. The predicted octanol–water partition coefficient (Wildman–Crippen LogP) is 6.37. The van der Waals surface area contributed by atoms with E-state index in [1.165, 1.54) is 32.1 Å². The molecule has 2 fully saturated rings. The molecule has 2 aliphatic carbocycles. The lowest BCUT2D eigenvalue weighted by Gasteiger charge is -2.58. The summed E-state index contributed by atoms with van der Waals surface area (Å²) in [7, 11) is 0. The Hall–Kier alpha value is -0.260. The van der Waals surface area contributed by atoms with E-state index in [9.17, 15) is 0 Å². The van der Waals surface area contributed by atoms with Crippen LogP contribution in [0.15, 0.2) is 11.1 Å². The van der Waals surface area contributed by atoms with Gasteiger partial charge in [-0.1, -0.05) is 79.4 Å². The van der Waals surface area contributed by atoms with Gasteiger partial charge >= 0.3 is 0 Å². The smallest absolute Gasteiger partial charge is 0.0128 e. The molecule has 0 atom stereocenters. The average molecular weight is 262 g/mol. The first kappa shape index (κ1) is 15.1. The molecule has 110 valence electrons. The van der Waals surface area contributed by atoms with Crippen molar-refractivity contribution in [3.63, 3.8) is 0 Å². The van der Waals surface area contributed by atoms with E-state index in [0.29, 0.717) is 21.7 Å². The lowest BCUT2D eigenvalue weighted by molar-refractivity contribution is 0.110. The van der Waals surface area contributed by atoms with Gasteiger partial charge < -0.3 is 0 Å². The zero-order valence-corrected chi connectivity index (χ0v) is 14.5. The van der Waals surface area contributed by atoms with E-state index in [-0.39, 0.29) is 0 Å². The van der Waals surface area contributed by atoms with Crippen LogP contribution in [0, 0.1) is 21.7 Å². The van der Waals surface area contributed by atoms with E-state index < -0.39 is 0 Å². The van der Waals surface area contributed by atoms with E-state index in [0.717, 1.165) is 0 Å². The van der Waals surface area contributed by atoms with E-state index in [4.69, 9.17) is 0 Å². The van der Waals surface area contributed by atoms with Gasteiger partial charge in [0.25, 0.3) is 0 Å². The second kappa shape index (κ2) is 4.12. The fourth-order valence-corrected chi connectivity index (χ4v) is 5.74. The van der Waals surface area contributed by atoms with Crippen LogP contribution in [-0.2, 0) is 0 Å². The minimum atomic E-state index is 0.379. The van der Waals surface area contributed by atoms with Crippen molar-refractivity contribution in [3.05, 3.63) is 11.1 Å². The van der Waals surface area contributed by atoms with Crippen LogP contribution in [0.5, 0.6) is 0 Å². The third-order valence-corrected chi connectivity index (χ3v) is 5.69. The highest BCUT2D eigenvalue weighted by molar-refractivity contribution is 5.41. The summed E-state index contributed by atoms with van der Waals surface area (Å²) >= 11 is 0. The normalized spacial score (nSPS) is 31.6. The van der Waals surface area contributed by atoms with Crippen molar-refractivity contribution in [2.24, 2.45) is 21.7 Å². The third-order valence-electron chi connectivity index (χ3n) is 5.69. The Morgan fingerprint density at radius 3 is 1.16 bits per heavy atom. The second-order valence-corrected chi connectivity index (χ2v) is 9.67. The number of allylic oxidation sites excluding steroid dienone is 2. The van der Waals surface area contributed by atoms with Crippen molar-refractivity contribution in [2.75, 3.05) is 0 Å². The van der Waals surface area contributed by atoms with Gasteiger partial charge in [-0.25, -0.2) is 0 Å². The van der Waals surface area contributed by atoms with Gasteiger partial charge in [0.15, 0.2) is 0 Å². The first-order valence-corrected chi connectivity index (χ1v) is 8.16. The molecule has 0 aromatic heterocycles. The summed E-state index contributed by atoms with van der Waals surface area (Å²) in [5, 5.41) is 0. The molecule has 0 aromatic carbocycles. The van der Waals surface area contributed by atoms with Crippen LogP contribution in [0.3, 0.4) is 0 Å². The van der Waals surface area contributed by atoms with Crippen molar-refractivity contribution in [3.8, 4) is 0 Å². The molecular weight excluding hydrogens is 228 g/mol. The van der Waals surface area contributed by atoms with Crippen LogP contribution in [0.4, 0.5) is 0 Å². The van der Waals surface area contributed by atoms with Crippen molar-refractivity contribution < 1.29 is 0 Å². The minimum absolute atomic E-state index is 0.379. The molecule has 19 heavy (non-hydrogen) atoms. The summed E-state index contributed by atoms with van der Waals surface area (Å²) < 4.78 is 0. The van der Waals surface area contributed by atoms with Crippen molar-refractivity contribution in [1.29, 1.82) is 0 Å². The highest BCUT2D eigenvalue weighted by Gasteiger charge is 2.53. The Balaban J connectivity index is 2.65. The number of rotatable bonds is 0. The second-order valence-electron chi connectivity index (χ2n) is 9.67. The molecule has 0 spiro atoms. The van der Waals surface area contributed by atoms with E-state index >= 15 is 0 Å². The summed E-state index contributed by atoms with van der Waals surface area (Å²) in [6.45, 7) is 19.8. The maximum Gasteiger partial charge on any atom is -0.0128 e. The fraction of sp³-hybridized carbons (Fsp3) is 0.895. The summed E-state index contributed by atoms with van der Waals surface area (Å²) in [5.41, 5.74) is 5.18. The molecule has 0 bridgehead atoms. The molecule has 0 heterocycles. The Morgan fingerprint density at radius 1 is 0.526 bits per heavy atom. The highest BCUT2D eigenvalue weighted by Crippen LogP contribution is 2.65. The SMILES string of the molecule is CC1(C)CCCCC(C)(C)C1=C1C(C)(C)CC1(C)C. The van der Waals surface area contributed by atoms with E-state index in [2.05, 4.69) is 55.4 Å². The summed E-state index contributed by atoms with van der Waals surface area (Å²) in [4.78, 5) is 0. The summed E-state index contributed by atoms with van der Waals surface area (Å²) in [6, 6.07) is 0. The molecule has 2 saturated carbocycles. The average Bonchev–Trinajstić information content (AvgIpc) is 2.26. The van der Waals surface area contributed by atoms with Crippen LogP contribution >= 0.6 is 0 Å². The molecule has 0 heteroatoms. The number of hydrogen-bond donors (Lipinski definition) is 0. The Labute approximate surface area is 121 Å². The largest absolute Gasteiger partial charge is 0.0586 e. The zero-order chi connectivity index (χ0) is 14.7. The van der Waals surface area contributed by atoms with Crippen molar-refractivity contribution >= 4 is 0 Å². The quantitative estimate of drug-likeness (QED) is 0.352. The maximum absolute atomic E-state index is 2.49. The maximum atomic E-state index is 2.49. The number of hydrogen-bond acceptors (Lipinski definition) is 0. The van der Waals surface area contributed by atoms with Crippen LogP contribution < -0.4 is 0 Å². The molecule has 0 aromatic rings. The zero-order valence-electron chi connectivity index (χ0n) is 14.5. The molecule has 0 unspecified atom stereocenters. The van der Waals surface area contributed by atoms with E-state index in [1.807, 2.05) is 0 Å². The third kappa shape index (κ3) is 2.41. The van der Waals surface area contributed by atoms with E-state index in [1.54, 1.807) is 11.1 Å². The topological polar surface area (TPSA) is 0 Å². The van der Waals surface area contributed by atoms with Crippen LogP contribution in [0.2, 0.25) is 0 Å². The van der Waals surface area contributed by atoms with Gasteiger partial charge in [0.1, 0.15) is 0 Å². The molecule has 2 aliphatic rings. The first-order valence-electron chi connectivity index (χ1n) is 8.16. The predicted molar refractivity (Wildman–Crippen MR) is 85.2 cm³/mol. The molecule has 0 radical (unpaired) electrons. The van der Waals surface area contributed by atoms with Gasteiger partial charge in [0.2, 0.25) is 0 Å². The standard InChI is InChI=1S/C19H34/c1-16(2)11-9-10-12-17(3,4)14(16)15-18(5,6)13-19(15,7)8/h9-13H2,1-8H3. The van der Waals surface area contributed by atoms with Gasteiger partial charge in [0.05, 0.1) is 0 Å². The fourth-order valence-electron chi connectivity index (χ4n) is 5.74. The molecule has 0 saturated heterocycles. The van der Waals surface area contributed by atoms with Crippen LogP contribution in [0.25, 0.3) is 0 Å². The van der Waals surface area contributed by atoms with Gasteiger partial charge in [-0.3, -0.25) is 0 Å². The molecular formula is C19H34. The summed E-state index contributed by atoms with van der Waals surface area (Å²) in [6.07, 6.45) is 6.86. The van der Waals surface area contributed by atoms with Gasteiger partial charge in [-0.05, 0) is 40.9 Å². The molecule has 0 nitrogen and oxygen atoms in total. The monoisotopic (exact) mass is 262 g/mol. The summed E-state index contributed by atoms with van der Waals surface area (Å²) in [5.74, 6) is 0. The molecule has 0 amide bonds. The molecule has 2 rings (SSSR count).